The molecule has 8 nitrogen and oxygen atoms in total. The molecule has 2 aromatic heterocycles. The number of H-pyrrole nitrogens is 1. The van der Waals surface area contributed by atoms with Gasteiger partial charge in [-0.1, -0.05) is 29.8 Å². The van der Waals surface area contributed by atoms with Crippen LogP contribution in [-0.4, -0.2) is 37.2 Å². The summed E-state index contributed by atoms with van der Waals surface area (Å²) in [7, 11) is 0. The van der Waals surface area contributed by atoms with Crippen molar-refractivity contribution < 1.29 is 13.6 Å². The van der Waals surface area contributed by atoms with Crippen LogP contribution in [0.15, 0.2) is 65.7 Å². The molecule has 0 aliphatic heterocycles. The summed E-state index contributed by atoms with van der Waals surface area (Å²) >= 11 is 6.40. The van der Waals surface area contributed by atoms with Gasteiger partial charge in [0.05, 0.1) is 27.6 Å². The van der Waals surface area contributed by atoms with Crippen molar-refractivity contribution in [2.24, 2.45) is 0 Å². The molecule has 1 unspecified atom stereocenters. The molecule has 38 heavy (non-hydrogen) atoms. The third-order valence-corrected chi connectivity index (χ3v) is 6.47. The quantitative estimate of drug-likeness (QED) is 0.331. The van der Waals surface area contributed by atoms with Crippen LogP contribution in [0.3, 0.4) is 0 Å². The van der Waals surface area contributed by atoms with Gasteiger partial charge >= 0.3 is 0 Å². The van der Waals surface area contributed by atoms with Gasteiger partial charge in [-0.05, 0) is 61.4 Å². The predicted octanol–water partition coefficient (Wildman–Crippen LogP) is 4.61. The summed E-state index contributed by atoms with van der Waals surface area (Å²) in [5.74, 6) is -1.78. The lowest BCUT2D eigenvalue weighted by Gasteiger charge is -2.19. The van der Waals surface area contributed by atoms with E-state index in [1.54, 1.807) is 38.1 Å². The van der Waals surface area contributed by atoms with Crippen LogP contribution < -0.4 is 10.9 Å². The third-order valence-electron chi connectivity index (χ3n) is 6.15. The molecule has 0 saturated carbocycles. The molecule has 2 heterocycles. The monoisotopic (exact) mass is 534 g/mol. The number of nitrogens with zero attached hydrogens (tertiary/aromatic N) is 4. The maximum absolute atomic E-state index is 14.6. The minimum atomic E-state index is -0.789. The van der Waals surface area contributed by atoms with Crippen LogP contribution >= 0.6 is 11.6 Å². The van der Waals surface area contributed by atoms with E-state index in [1.165, 1.54) is 41.3 Å². The van der Waals surface area contributed by atoms with Gasteiger partial charge in [-0.2, -0.15) is 5.10 Å². The fourth-order valence-electron chi connectivity index (χ4n) is 4.24. The van der Waals surface area contributed by atoms with Crippen LogP contribution in [0.2, 0.25) is 5.02 Å². The molecule has 0 spiro atoms. The summed E-state index contributed by atoms with van der Waals surface area (Å²) in [6.07, 6.45) is 1.53. The van der Waals surface area contributed by atoms with Gasteiger partial charge in [0.25, 0.3) is 11.5 Å². The largest absolute Gasteiger partial charge is 0.351 e. The Balaban J connectivity index is 1.48. The molecule has 0 fully saturated rings. The number of amides is 1. The van der Waals surface area contributed by atoms with Gasteiger partial charge in [0.15, 0.2) is 0 Å². The van der Waals surface area contributed by atoms with Crippen molar-refractivity contribution in [2.75, 3.05) is 6.54 Å². The number of carbonyl (C=O) groups excluding carboxylic acids is 1. The van der Waals surface area contributed by atoms with Crippen molar-refractivity contribution >= 4 is 28.4 Å². The van der Waals surface area contributed by atoms with Gasteiger partial charge in [-0.25, -0.2) is 23.4 Å². The normalized spacial score (nSPS) is 12.0. The van der Waals surface area contributed by atoms with E-state index >= 15 is 0 Å². The van der Waals surface area contributed by atoms with Crippen molar-refractivity contribution in [1.82, 2.24) is 30.0 Å². The minimum absolute atomic E-state index is 0.0788. The molecule has 11 heteroatoms. The molecule has 3 aromatic carbocycles. The highest BCUT2D eigenvalue weighted by atomic mass is 35.5. The van der Waals surface area contributed by atoms with E-state index in [2.05, 4.69) is 25.4 Å². The Morgan fingerprint density at radius 2 is 1.95 bits per heavy atom. The lowest BCUT2D eigenvalue weighted by Crippen LogP contribution is -2.31. The molecule has 192 valence electrons. The fraction of sp³-hybridized carbons (Fsp3) is 0.148. The van der Waals surface area contributed by atoms with Crippen LogP contribution in [-0.2, 0) is 0 Å². The lowest BCUT2D eigenvalue weighted by atomic mass is 9.97. The number of hydrogen-bond acceptors (Lipinski definition) is 5. The molecule has 0 aliphatic carbocycles. The van der Waals surface area contributed by atoms with Crippen molar-refractivity contribution in [2.45, 2.75) is 19.8 Å². The molecular formula is C27H21ClF2N6O2. The molecule has 1 amide bonds. The number of rotatable bonds is 6. The minimum Gasteiger partial charge on any atom is -0.351 e. The lowest BCUT2D eigenvalue weighted by molar-refractivity contribution is 0.0952. The van der Waals surface area contributed by atoms with Crippen molar-refractivity contribution in [3.8, 4) is 5.69 Å². The third kappa shape index (κ3) is 4.90. The highest BCUT2D eigenvalue weighted by molar-refractivity contribution is 6.34. The Morgan fingerprint density at radius 1 is 1.13 bits per heavy atom. The summed E-state index contributed by atoms with van der Waals surface area (Å²) in [6.45, 7) is 3.36. The van der Waals surface area contributed by atoms with Crippen molar-refractivity contribution in [3.63, 3.8) is 0 Å². The fourth-order valence-corrected chi connectivity index (χ4v) is 4.50. The molecule has 0 aliphatic rings. The number of fused-ring (bicyclic) bond motifs is 1. The number of halogens is 3. The van der Waals surface area contributed by atoms with Gasteiger partial charge in [0, 0.05) is 6.54 Å². The Morgan fingerprint density at radius 3 is 2.66 bits per heavy atom. The van der Waals surface area contributed by atoms with Crippen molar-refractivity contribution in [1.29, 1.82) is 0 Å². The Bertz CT molecular complexity index is 1750. The molecule has 0 saturated heterocycles. The molecule has 0 radical (unpaired) electrons. The zero-order chi connectivity index (χ0) is 27.0. The number of aryl methyl sites for hydroxylation is 2. The SMILES string of the molecule is Cc1ncn(-c2ccc(C(=O)NCC(c3cccc(F)c3)c3nc4c(F)ccc(C)c4c(=O)[nH]3)c(Cl)c2)n1. The van der Waals surface area contributed by atoms with Gasteiger partial charge in [-0.3, -0.25) is 9.59 Å². The van der Waals surface area contributed by atoms with E-state index in [0.29, 0.717) is 22.6 Å². The maximum Gasteiger partial charge on any atom is 0.259 e. The van der Waals surface area contributed by atoms with Crippen LogP contribution in [0.4, 0.5) is 8.78 Å². The number of aromatic nitrogens is 5. The first kappa shape index (κ1) is 25.2. The van der Waals surface area contributed by atoms with Crippen LogP contribution in [0.25, 0.3) is 16.6 Å². The molecule has 5 aromatic rings. The summed E-state index contributed by atoms with van der Waals surface area (Å²) in [5.41, 5.74) is 1.20. The Labute approximate surface area is 220 Å². The summed E-state index contributed by atoms with van der Waals surface area (Å²) in [4.78, 5) is 37.1. The average molecular weight is 535 g/mol. The first-order chi connectivity index (χ1) is 18.2. The molecule has 1 atom stereocenters. The molecule has 5 rings (SSSR count). The van der Waals surface area contributed by atoms with Crippen LogP contribution in [0, 0.1) is 25.5 Å². The van der Waals surface area contributed by atoms with E-state index in [1.807, 2.05) is 0 Å². The van der Waals surface area contributed by atoms with Crippen LogP contribution in [0.1, 0.15) is 39.1 Å². The average Bonchev–Trinajstić information content (AvgIpc) is 3.32. The van der Waals surface area contributed by atoms with Crippen molar-refractivity contribution in [3.05, 3.63) is 116 Å². The summed E-state index contributed by atoms with van der Waals surface area (Å²) in [5, 5.41) is 7.32. The van der Waals surface area contributed by atoms with Gasteiger partial charge < -0.3 is 10.3 Å². The number of aromatic amines is 1. The van der Waals surface area contributed by atoms with E-state index < -0.39 is 29.0 Å². The highest BCUT2D eigenvalue weighted by Gasteiger charge is 2.22. The zero-order valence-electron chi connectivity index (χ0n) is 20.3. The summed E-state index contributed by atoms with van der Waals surface area (Å²) in [6, 6.07) is 13.2. The Kier molecular flexibility index (Phi) is 6.73. The molecule has 2 N–H and O–H groups in total. The first-order valence-electron chi connectivity index (χ1n) is 11.6. The second-order valence-electron chi connectivity index (χ2n) is 8.76. The number of benzene rings is 3. The molecule has 0 bridgehead atoms. The Hall–Kier alpha value is -4.44. The van der Waals surface area contributed by atoms with E-state index in [9.17, 15) is 18.4 Å². The van der Waals surface area contributed by atoms with Gasteiger partial charge in [0.2, 0.25) is 0 Å². The highest BCUT2D eigenvalue weighted by Crippen LogP contribution is 2.25. The van der Waals surface area contributed by atoms with Gasteiger partial charge in [-0.15, -0.1) is 0 Å². The van der Waals surface area contributed by atoms with Gasteiger partial charge in [0.1, 0.15) is 35.1 Å². The number of hydrogen-bond donors (Lipinski definition) is 2. The first-order valence-corrected chi connectivity index (χ1v) is 12.0. The zero-order valence-corrected chi connectivity index (χ0v) is 21.1. The maximum atomic E-state index is 14.6. The smallest absolute Gasteiger partial charge is 0.259 e. The number of nitrogens with one attached hydrogen (secondary N) is 2. The standard InChI is InChI=1S/C27H21ClF2N6O2/c1-14-6-9-22(30)24-23(14)27(38)34-25(33-24)20(16-4-3-5-17(29)10-16)12-31-26(37)19-8-7-18(11-21(19)28)36-13-32-15(2)35-36/h3-11,13,20H,12H2,1-2H3,(H,31,37)(H,33,34,38). The topological polar surface area (TPSA) is 106 Å². The second kappa shape index (κ2) is 10.1. The van der Waals surface area contributed by atoms with Crippen LogP contribution in [0.5, 0.6) is 0 Å². The van der Waals surface area contributed by atoms with E-state index in [0.717, 1.165) is 0 Å². The van der Waals surface area contributed by atoms with E-state index in [-0.39, 0.29) is 33.9 Å². The van der Waals surface area contributed by atoms with E-state index in [4.69, 9.17) is 11.6 Å². The summed E-state index contributed by atoms with van der Waals surface area (Å²) < 4.78 is 30.3. The predicted molar refractivity (Wildman–Crippen MR) is 139 cm³/mol. The number of carbonyl (C=O) groups is 1. The second-order valence-corrected chi connectivity index (χ2v) is 9.16. The molecular weight excluding hydrogens is 514 g/mol.